The van der Waals surface area contributed by atoms with Gasteiger partial charge in [-0.1, -0.05) is 11.6 Å². The number of rotatable bonds is 6. The molecule has 0 unspecified atom stereocenters. The lowest BCUT2D eigenvalue weighted by Gasteiger charge is -2.28. The Morgan fingerprint density at radius 2 is 1.67 bits per heavy atom. The highest BCUT2D eigenvalue weighted by Gasteiger charge is 2.39. The molecule has 4 amide bonds. The van der Waals surface area contributed by atoms with Crippen LogP contribution >= 0.6 is 11.6 Å². The number of nitro benzene ring substituents is 1. The summed E-state index contributed by atoms with van der Waals surface area (Å²) in [7, 11) is 3.79. The molecule has 0 radical (unpaired) electrons. The first-order valence-electron chi connectivity index (χ1n) is 9.01. The molecule has 2 N–H and O–H groups in total. The van der Waals surface area contributed by atoms with Crippen LogP contribution in [0.5, 0.6) is 23.0 Å². The van der Waals surface area contributed by atoms with Crippen molar-refractivity contribution in [1.82, 2.24) is 5.32 Å². The number of hydrogen-bond acceptors (Lipinski definition) is 9. The number of nitrogens with one attached hydrogen (secondary N) is 1. The van der Waals surface area contributed by atoms with Gasteiger partial charge >= 0.3 is 11.7 Å². The van der Waals surface area contributed by atoms with Crippen LogP contribution in [0.4, 0.5) is 16.2 Å². The summed E-state index contributed by atoms with van der Waals surface area (Å²) >= 11 is 6.07. The van der Waals surface area contributed by atoms with E-state index in [0.29, 0.717) is 4.90 Å². The summed E-state index contributed by atoms with van der Waals surface area (Å²) in [5.74, 6) is -2.87. The zero-order valence-electron chi connectivity index (χ0n) is 17.4. The number of imide groups is 2. The Labute approximate surface area is 191 Å². The predicted octanol–water partition coefficient (Wildman–Crippen LogP) is 2.65. The summed E-state index contributed by atoms with van der Waals surface area (Å²) in [6, 6.07) is 3.67. The molecule has 0 atom stereocenters. The number of phenols is 1. The van der Waals surface area contributed by atoms with E-state index in [4.69, 9.17) is 25.8 Å². The number of nitrogens with zero attached hydrogens (tertiary/aromatic N) is 2. The van der Waals surface area contributed by atoms with Gasteiger partial charge < -0.3 is 19.3 Å². The van der Waals surface area contributed by atoms with E-state index in [1.54, 1.807) is 0 Å². The minimum Gasteiger partial charge on any atom is -0.500 e. The lowest BCUT2D eigenvalue weighted by atomic mass is 10.1. The molecule has 1 saturated heterocycles. The molecule has 1 heterocycles. The van der Waals surface area contributed by atoms with Crippen LogP contribution in [0.3, 0.4) is 0 Å². The number of ether oxygens (including phenoxy) is 3. The number of nitro groups is 1. The van der Waals surface area contributed by atoms with Gasteiger partial charge in [0.1, 0.15) is 17.1 Å². The Bertz CT molecular complexity index is 1230. The number of hydrogen-bond donors (Lipinski definition) is 2. The van der Waals surface area contributed by atoms with Crippen LogP contribution in [0, 0.1) is 10.1 Å². The van der Waals surface area contributed by atoms with E-state index in [0.717, 1.165) is 12.1 Å². The van der Waals surface area contributed by atoms with Crippen molar-refractivity contribution < 1.29 is 38.6 Å². The van der Waals surface area contributed by atoms with Crippen molar-refractivity contribution in [1.29, 1.82) is 0 Å². The summed E-state index contributed by atoms with van der Waals surface area (Å²) in [4.78, 5) is 49.1. The summed E-state index contributed by atoms with van der Waals surface area (Å²) < 4.78 is 15.2. The van der Waals surface area contributed by atoms with Crippen molar-refractivity contribution in [3.63, 3.8) is 0 Å². The first kappa shape index (κ1) is 23.3. The fourth-order valence-corrected chi connectivity index (χ4v) is 3.28. The molecule has 0 saturated carbocycles. The molecule has 0 aliphatic carbocycles. The second-order valence-electron chi connectivity index (χ2n) is 6.46. The smallest absolute Gasteiger partial charge is 0.336 e. The average Bonchev–Trinajstić information content (AvgIpc) is 2.77. The quantitative estimate of drug-likeness (QED) is 0.276. The largest absolute Gasteiger partial charge is 0.500 e. The number of benzene rings is 2. The van der Waals surface area contributed by atoms with Crippen LogP contribution in [0.15, 0.2) is 29.8 Å². The number of urea groups is 1. The normalized spacial score (nSPS) is 14.8. The molecule has 0 aromatic heterocycles. The van der Waals surface area contributed by atoms with Crippen LogP contribution < -0.4 is 24.4 Å². The van der Waals surface area contributed by atoms with Gasteiger partial charge in [0, 0.05) is 18.2 Å². The summed E-state index contributed by atoms with van der Waals surface area (Å²) in [6.07, 6.45) is 1.02. The molecule has 1 aliphatic rings. The summed E-state index contributed by atoms with van der Waals surface area (Å²) in [6.45, 7) is 0. The highest BCUT2D eigenvalue weighted by Crippen LogP contribution is 2.40. The van der Waals surface area contributed by atoms with Crippen LogP contribution in [-0.4, -0.2) is 49.2 Å². The van der Waals surface area contributed by atoms with Gasteiger partial charge in [0.15, 0.2) is 5.75 Å². The molecule has 1 fully saturated rings. The molecule has 33 heavy (non-hydrogen) atoms. The van der Waals surface area contributed by atoms with E-state index < -0.39 is 39.8 Å². The van der Waals surface area contributed by atoms with E-state index in [2.05, 4.69) is 0 Å². The predicted molar refractivity (Wildman–Crippen MR) is 115 cm³/mol. The molecule has 13 heteroatoms. The Balaban J connectivity index is 2.15. The third-order valence-electron chi connectivity index (χ3n) is 4.60. The SMILES string of the molecule is COc1cc(N2C(=O)NC(=O)/C(=C\c3cc(OC)c(O)c([N+](=O)[O-])c3)C2=O)c(OC)cc1Cl. The Morgan fingerprint density at radius 3 is 2.24 bits per heavy atom. The zero-order valence-corrected chi connectivity index (χ0v) is 18.1. The molecule has 0 spiro atoms. The lowest BCUT2D eigenvalue weighted by molar-refractivity contribution is -0.386. The molecule has 172 valence electrons. The van der Waals surface area contributed by atoms with Crippen molar-refractivity contribution in [2.24, 2.45) is 0 Å². The van der Waals surface area contributed by atoms with Gasteiger partial charge in [-0.25, -0.2) is 9.69 Å². The molecule has 1 aliphatic heterocycles. The second-order valence-corrected chi connectivity index (χ2v) is 6.87. The van der Waals surface area contributed by atoms with Crippen LogP contribution in [0.2, 0.25) is 5.02 Å². The van der Waals surface area contributed by atoms with Gasteiger partial charge in [-0.2, -0.15) is 0 Å². The van der Waals surface area contributed by atoms with Crippen LogP contribution in [0.1, 0.15) is 5.56 Å². The van der Waals surface area contributed by atoms with E-state index in [-0.39, 0.29) is 33.5 Å². The van der Waals surface area contributed by atoms with Crippen molar-refractivity contribution >= 4 is 46.9 Å². The van der Waals surface area contributed by atoms with Crippen molar-refractivity contribution in [2.75, 3.05) is 26.2 Å². The van der Waals surface area contributed by atoms with Crippen molar-refractivity contribution in [2.45, 2.75) is 0 Å². The number of methoxy groups -OCH3 is 3. The number of aromatic hydroxyl groups is 1. The van der Waals surface area contributed by atoms with E-state index in [9.17, 15) is 29.6 Å². The average molecular weight is 478 g/mol. The first-order valence-corrected chi connectivity index (χ1v) is 9.39. The molecule has 0 bridgehead atoms. The Morgan fingerprint density at radius 1 is 1.03 bits per heavy atom. The van der Waals surface area contributed by atoms with Crippen molar-refractivity contribution in [3.8, 4) is 23.0 Å². The van der Waals surface area contributed by atoms with Crippen LogP contribution in [0.25, 0.3) is 6.08 Å². The molecule has 12 nitrogen and oxygen atoms in total. The summed E-state index contributed by atoms with van der Waals surface area (Å²) in [5.41, 5.74) is -1.30. The Hall–Kier alpha value is -4.32. The molecular formula is C20H16ClN3O9. The van der Waals surface area contributed by atoms with E-state index in [1.807, 2.05) is 5.32 Å². The maximum atomic E-state index is 13.2. The van der Waals surface area contributed by atoms with Crippen LogP contribution in [-0.2, 0) is 9.59 Å². The minimum absolute atomic E-state index is 0.00944. The number of phenolic OH excluding ortho intramolecular Hbond substituents is 1. The third-order valence-corrected chi connectivity index (χ3v) is 4.90. The standard InChI is InChI=1S/C20H16ClN3O9/c1-31-14-8-12(15(32-2)7-11(14)21)23-19(27)10(18(26)22-20(23)28)4-9-5-13(24(29)30)17(25)16(6-9)33-3/h4-8,25H,1-3H3,(H,22,26,28)/b10-4+. The highest BCUT2D eigenvalue weighted by atomic mass is 35.5. The minimum atomic E-state index is -1.06. The fraction of sp³-hybridized carbons (Fsp3) is 0.150. The molecule has 3 rings (SSSR count). The number of anilines is 1. The second kappa shape index (κ2) is 9.04. The molecular weight excluding hydrogens is 462 g/mol. The topological polar surface area (TPSA) is 158 Å². The molecule has 2 aromatic rings. The van der Waals surface area contributed by atoms with Gasteiger partial charge in [-0.3, -0.25) is 25.0 Å². The highest BCUT2D eigenvalue weighted by molar-refractivity contribution is 6.39. The zero-order chi connectivity index (χ0) is 24.4. The molecule has 2 aromatic carbocycles. The van der Waals surface area contributed by atoms with E-state index in [1.165, 1.54) is 39.5 Å². The Kier molecular flexibility index (Phi) is 6.40. The third kappa shape index (κ3) is 4.23. The van der Waals surface area contributed by atoms with E-state index >= 15 is 0 Å². The van der Waals surface area contributed by atoms with Gasteiger partial charge in [-0.05, 0) is 17.7 Å². The van der Waals surface area contributed by atoms with Gasteiger partial charge in [0.05, 0.1) is 37.0 Å². The summed E-state index contributed by atoms with van der Waals surface area (Å²) in [5, 5.41) is 23.3. The van der Waals surface area contributed by atoms with Crippen molar-refractivity contribution in [3.05, 3.63) is 50.5 Å². The van der Waals surface area contributed by atoms with Gasteiger partial charge in [0.2, 0.25) is 5.75 Å². The maximum Gasteiger partial charge on any atom is 0.336 e. The number of halogens is 1. The number of amides is 4. The van der Waals surface area contributed by atoms with Gasteiger partial charge in [0.25, 0.3) is 11.8 Å². The number of carbonyl (C=O) groups excluding carboxylic acids is 3. The fourth-order valence-electron chi connectivity index (χ4n) is 3.05. The number of carbonyl (C=O) groups is 3. The number of barbiturate groups is 1. The lowest BCUT2D eigenvalue weighted by Crippen LogP contribution is -2.54. The van der Waals surface area contributed by atoms with Gasteiger partial charge in [-0.15, -0.1) is 0 Å². The first-order chi connectivity index (χ1) is 15.6. The maximum absolute atomic E-state index is 13.2. The monoisotopic (exact) mass is 477 g/mol.